The largest absolute Gasteiger partial charge is 0.339 e. The molecular weight excluding hydrogens is 342 g/mol. The van der Waals surface area contributed by atoms with Crippen LogP contribution < -0.4 is 4.72 Å². The van der Waals surface area contributed by atoms with Gasteiger partial charge in [0.05, 0.1) is 11.4 Å². The molecule has 8 heteroatoms. The second kappa shape index (κ2) is 7.53. The van der Waals surface area contributed by atoms with Gasteiger partial charge in [0.1, 0.15) is 0 Å². The molecule has 138 valence electrons. The maximum absolute atomic E-state index is 12.6. The summed E-state index contributed by atoms with van der Waals surface area (Å²) in [6, 6.07) is 3.62. The van der Waals surface area contributed by atoms with E-state index in [-0.39, 0.29) is 23.3 Å². The first-order chi connectivity index (χ1) is 11.6. The molecule has 0 radical (unpaired) electrons. The summed E-state index contributed by atoms with van der Waals surface area (Å²) in [6.45, 7) is 8.41. The minimum absolute atomic E-state index is 0.0156. The molecule has 0 spiro atoms. The number of nitrogens with one attached hydrogen (secondary N) is 1. The van der Waals surface area contributed by atoms with Crippen LogP contribution in [0.2, 0.25) is 0 Å². The van der Waals surface area contributed by atoms with Gasteiger partial charge in [-0.3, -0.25) is 9.59 Å². The summed E-state index contributed by atoms with van der Waals surface area (Å²) in [5, 5.41) is 0. The highest BCUT2D eigenvalue weighted by Gasteiger charge is 2.25. The third-order valence-corrected chi connectivity index (χ3v) is 6.07. The number of rotatable bonds is 4. The molecule has 0 saturated carbocycles. The molecule has 1 saturated heterocycles. The van der Waals surface area contributed by atoms with E-state index < -0.39 is 10.0 Å². The predicted octanol–water partition coefficient (Wildman–Crippen LogP) is 0.581. The van der Waals surface area contributed by atoms with Crippen LogP contribution in [0.4, 0.5) is 0 Å². The summed E-state index contributed by atoms with van der Waals surface area (Å²) in [7, 11) is -3.76. The molecule has 7 nitrogen and oxygen atoms in total. The van der Waals surface area contributed by atoms with E-state index >= 15 is 0 Å². The van der Waals surface area contributed by atoms with Crippen LogP contribution in [0.5, 0.6) is 0 Å². The summed E-state index contributed by atoms with van der Waals surface area (Å²) in [4.78, 5) is 27.1. The third kappa shape index (κ3) is 4.58. The molecule has 2 rings (SSSR count). The molecule has 0 bridgehead atoms. The van der Waals surface area contributed by atoms with Crippen LogP contribution in [-0.2, 0) is 19.6 Å². The molecule has 1 aromatic rings. The normalized spacial score (nSPS) is 15.4. The number of nitrogens with zero attached hydrogens (tertiary/aromatic N) is 2. The van der Waals surface area contributed by atoms with E-state index in [1.54, 1.807) is 23.6 Å². The number of carbonyl (C=O) groups is 2. The number of aryl methyl sites for hydroxylation is 3. The number of benzene rings is 1. The van der Waals surface area contributed by atoms with E-state index in [0.29, 0.717) is 37.3 Å². The van der Waals surface area contributed by atoms with Crippen LogP contribution in [0, 0.1) is 20.8 Å². The number of amides is 2. The fraction of sp³-hybridized carbons (Fsp3) is 0.529. The number of carbonyl (C=O) groups excluding carboxylic acids is 2. The number of hydrogen-bond acceptors (Lipinski definition) is 4. The van der Waals surface area contributed by atoms with Crippen molar-refractivity contribution in [2.45, 2.75) is 32.6 Å². The first kappa shape index (κ1) is 19.4. The van der Waals surface area contributed by atoms with Crippen molar-refractivity contribution in [1.82, 2.24) is 14.5 Å². The minimum atomic E-state index is -3.76. The second-order valence-electron chi connectivity index (χ2n) is 6.44. The Balaban J connectivity index is 2.01. The van der Waals surface area contributed by atoms with Gasteiger partial charge >= 0.3 is 0 Å². The Labute approximate surface area is 149 Å². The highest BCUT2D eigenvalue weighted by Crippen LogP contribution is 2.21. The molecule has 25 heavy (non-hydrogen) atoms. The van der Waals surface area contributed by atoms with E-state index in [4.69, 9.17) is 0 Å². The van der Waals surface area contributed by atoms with Crippen molar-refractivity contribution < 1.29 is 18.0 Å². The highest BCUT2D eigenvalue weighted by atomic mass is 32.2. The third-order valence-electron chi connectivity index (χ3n) is 4.36. The van der Waals surface area contributed by atoms with Crippen LogP contribution >= 0.6 is 0 Å². The van der Waals surface area contributed by atoms with Crippen LogP contribution in [0.1, 0.15) is 23.6 Å². The summed E-state index contributed by atoms with van der Waals surface area (Å²) < 4.78 is 27.6. The van der Waals surface area contributed by atoms with Gasteiger partial charge in [-0.05, 0) is 31.9 Å². The van der Waals surface area contributed by atoms with Gasteiger partial charge in [0.15, 0.2) is 0 Å². The van der Waals surface area contributed by atoms with Crippen molar-refractivity contribution in [3.05, 3.63) is 28.8 Å². The Hall–Kier alpha value is -1.93. The standard InChI is InChI=1S/C17H25N3O4S/c1-12-9-13(2)17(14(3)10-12)25(23,24)18-11-16(22)20-7-5-19(6-8-20)15(4)21/h9-10,18H,5-8,11H2,1-4H3. The average molecular weight is 367 g/mol. The lowest BCUT2D eigenvalue weighted by Gasteiger charge is -2.34. The van der Waals surface area contributed by atoms with Gasteiger partial charge in [-0.25, -0.2) is 13.1 Å². The molecule has 1 aliphatic rings. The smallest absolute Gasteiger partial charge is 0.241 e. The van der Waals surface area contributed by atoms with Crippen LogP contribution in [0.15, 0.2) is 17.0 Å². The molecule has 0 atom stereocenters. The molecular formula is C17H25N3O4S. The summed E-state index contributed by atoms with van der Waals surface area (Å²) in [5.74, 6) is -0.299. The Morgan fingerprint density at radius 2 is 1.48 bits per heavy atom. The molecule has 1 fully saturated rings. The first-order valence-electron chi connectivity index (χ1n) is 8.22. The second-order valence-corrected chi connectivity index (χ2v) is 8.14. The highest BCUT2D eigenvalue weighted by molar-refractivity contribution is 7.89. The van der Waals surface area contributed by atoms with Gasteiger partial charge in [-0.1, -0.05) is 17.7 Å². The fourth-order valence-corrected chi connectivity index (χ4v) is 4.63. The lowest BCUT2D eigenvalue weighted by Crippen LogP contribution is -2.52. The Bertz CT molecular complexity index is 758. The van der Waals surface area contributed by atoms with Crippen LogP contribution in [0.25, 0.3) is 0 Å². The Kier molecular flexibility index (Phi) is 5.84. The van der Waals surface area contributed by atoms with Gasteiger partial charge in [-0.2, -0.15) is 0 Å². The van der Waals surface area contributed by atoms with Crippen molar-refractivity contribution in [2.24, 2.45) is 0 Å². The average Bonchev–Trinajstić information content (AvgIpc) is 2.51. The van der Waals surface area contributed by atoms with Crippen LogP contribution in [0.3, 0.4) is 0 Å². The lowest BCUT2D eigenvalue weighted by molar-refractivity contribution is -0.137. The minimum Gasteiger partial charge on any atom is -0.339 e. The number of piperazine rings is 1. The van der Waals surface area contributed by atoms with E-state index in [1.807, 2.05) is 19.1 Å². The number of hydrogen-bond donors (Lipinski definition) is 1. The van der Waals surface area contributed by atoms with Crippen molar-refractivity contribution in [1.29, 1.82) is 0 Å². The maximum atomic E-state index is 12.6. The molecule has 1 aromatic carbocycles. The zero-order chi connectivity index (χ0) is 18.8. The molecule has 2 amide bonds. The van der Waals surface area contributed by atoms with E-state index in [9.17, 15) is 18.0 Å². The maximum Gasteiger partial charge on any atom is 0.241 e. The summed E-state index contributed by atoms with van der Waals surface area (Å²) >= 11 is 0. The summed E-state index contributed by atoms with van der Waals surface area (Å²) in [6.07, 6.45) is 0. The molecule has 0 aliphatic carbocycles. The zero-order valence-corrected chi connectivity index (χ0v) is 15.9. The van der Waals surface area contributed by atoms with E-state index in [1.165, 1.54) is 6.92 Å². The molecule has 1 aliphatic heterocycles. The van der Waals surface area contributed by atoms with Crippen molar-refractivity contribution in [3.63, 3.8) is 0 Å². The van der Waals surface area contributed by atoms with Gasteiger partial charge in [0.2, 0.25) is 21.8 Å². The van der Waals surface area contributed by atoms with Gasteiger partial charge in [-0.15, -0.1) is 0 Å². The molecule has 1 N–H and O–H groups in total. The Morgan fingerprint density at radius 1 is 1.00 bits per heavy atom. The molecule has 1 heterocycles. The summed E-state index contributed by atoms with van der Waals surface area (Å²) in [5.41, 5.74) is 2.31. The van der Waals surface area contributed by atoms with E-state index in [2.05, 4.69) is 4.72 Å². The van der Waals surface area contributed by atoms with E-state index in [0.717, 1.165) is 5.56 Å². The van der Waals surface area contributed by atoms with Gasteiger partial charge in [0.25, 0.3) is 0 Å². The van der Waals surface area contributed by atoms with Crippen molar-refractivity contribution >= 4 is 21.8 Å². The lowest BCUT2D eigenvalue weighted by atomic mass is 10.1. The van der Waals surface area contributed by atoms with Crippen molar-refractivity contribution in [3.8, 4) is 0 Å². The quantitative estimate of drug-likeness (QED) is 0.843. The van der Waals surface area contributed by atoms with Gasteiger partial charge in [0, 0.05) is 33.1 Å². The topological polar surface area (TPSA) is 86.8 Å². The zero-order valence-electron chi connectivity index (χ0n) is 15.1. The molecule has 0 unspecified atom stereocenters. The predicted molar refractivity (Wildman–Crippen MR) is 94.7 cm³/mol. The van der Waals surface area contributed by atoms with Crippen molar-refractivity contribution in [2.75, 3.05) is 32.7 Å². The first-order valence-corrected chi connectivity index (χ1v) is 9.71. The SMILES string of the molecule is CC(=O)N1CCN(C(=O)CNS(=O)(=O)c2c(C)cc(C)cc2C)CC1. The molecule has 0 aromatic heterocycles. The Morgan fingerprint density at radius 3 is 1.96 bits per heavy atom. The fourth-order valence-electron chi connectivity index (χ4n) is 3.20. The van der Waals surface area contributed by atoms with Gasteiger partial charge < -0.3 is 9.80 Å². The van der Waals surface area contributed by atoms with Crippen LogP contribution in [-0.4, -0.2) is 62.8 Å². The number of sulfonamides is 1. The monoisotopic (exact) mass is 367 g/mol.